The summed E-state index contributed by atoms with van der Waals surface area (Å²) in [6.07, 6.45) is 3.31. The first-order valence-electron chi connectivity index (χ1n) is 5.79. The Hall–Kier alpha value is -1.33. The first-order chi connectivity index (χ1) is 8.69. The van der Waals surface area contributed by atoms with Gasteiger partial charge < -0.3 is 15.4 Å². The molecule has 6 heteroatoms. The van der Waals surface area contributed by atoms with Crippen molar-refractivity contribution in [2.75, 3.05) is 32.6 Å². The predicted octanol–water partition coefficient (Wildman–Crippen LogP) is 1.93. The first-order valence-corrected chi connectivity index (χ1v) is 6.17. The van der Waals surface area contributed by atoms with Crippen LogP contribution in [-0.4, -0.2) is 38.2 Å². The lowest BCUT2D eigenvalue weighted by molar-refractivity contribution is 0.0951. The third-order valence-corrected chi connectivity index (χ3v) is 2.69. The molecule has 18 heavy (non-hydrogen) atoms. The van der Waals surface area contributed by atoms with Crippen LogP contribution in [0.5, 0.6) is 0 Å². The number of pyridine rings is 1. The van der Waals surface area contributed by atoms with E-state index in [9.17, 15) is 4.79 Å². The van der Waals surface area contributed by atoms with Gasteiger partial charge in [0.15, 0.2) is 0 Å². The number of aromatic nitrogens is 1. The van der Waals surface area contributed by atoms with Crippen LogP contribution in [0.3, 0.4) is 0 Å². The van der Waals surface area contributed by atoms with Crippen molar-refractivity contribution in [3.63, 3.8) is 0 Å². The second-order valence-electron chi connectivity index (χ2n) is 3.76. The highest BCUT2D eigenvalue weighted by atomic mass is 35.5. The molecule has 1 rings (SSSR count). The molecule has 0 radical (unpaired) electrons. The first kappa shape index (κ1) is 14.7. The van der Waals surface area contributed by atoms with Crippen LogP contribution in [-0.2, 0) is 4.74 Å². The molecule has 0 atom stereocenters. The van der Waals surface area contributed by atoms with E-state index in [4.69, 9.17) is 16.3 Å². The summed E-state index contributed by atoms with van der Waals surface area (Å²) in [6, 6.07) is 1.60. The predicted molar refractivity (Wildman–Crippen MR) is 72.2 cm³/mol. The van der Waals surface area contributed by atoms with Gasteiger partial charge in [-0.15, -0.1) is 0 Å². The minimum atomic E-state index is -0.163. The van der Waals surface area contributed by atoms with Gasteiger partial charge in [0.2, 0.25) is 0 Å². The number of amides is 1. The van der Waals surface area contributed by atoms with Gasteiger partial charge in [0, 0.05) is 33.5 Å². The van der Waals surface area contributed by atoms with Crippen LogP contribution in [0, 0.1) is 0 Å². The molecule has 0 saturated heterocycles. The second-order valence-corrected chi connectivity index (χ2v) is 4.17. The highest BCUT2D eigenvalue weighted by Crippen LogP contribution is 2.19. The minimum absolute atomic E-state index is 0.163. The Balaban J connectivity index is 2.44. The van der Waals surface area contributed by atoms with E-state index in [-0.39, 0.29) is 5.91 Å². The zero-order valence-electron chi connectivity index (χ0n) is 10.6. The van der Waals surface area contributed by atoms with Gasteiger partial charge in [0.25, 0.3) is 5.91 Å². The maximum absolute atomic E-state index is 11.8. The van der Waals surface area contributed by atoms with Crippen molar-refractivity contribution in [3.8, 4) is 0 Å². The fourth-order valence-corrected chi connectivity index (χ4v) is 1.68. The van der Waals surface area contributed by atoms with Gasteiger partial charge in [0.05, 0.1) is 10.6 Å². The molecule has 1 heterocycles. The van der Waals surface area contributed by atoms with Gasteiger partial charge in [-0.3, -0.25) is 4.79 Å². The number of hydrogen-bond donors (Lipinski definition) is 2. The molecule has 0 aliphatic rings. The van der Waals surface area contributed by atoms with E-state index in [0.717, 1.165) is 12.8 Å². The molecule has 2 N–H and O–H groups in total. The zero-order chi connectivity index (χ0) is 13.4. The standard InChI is InChI=1S/C12H18ClN3O2/c1-14-11-10(13)7-9(8-16-11)12(17)15-5-3-4-6-18-2/h7-8H,3-6H2,1-2H3,(H,14,16)(H,15,17). The smallest absolute Gasteiger partial charge is 0.252 e. The Bertz CT molecular complexity index is 399. The number of halogens is 1. The average molecular weight is 272 g/mol. The van der Waals surface area contributed by atoms with Crippen molar-refractivity contribution in [1.82, 2.24) is 10.3 Å². The lowest BCUT2D eigenvalue weighted by atomic mass is 10.2. The van der Waals surface area contributed by atoms with E-state index < -0.39 is 0 Å². The number of unbranched alkanes of at least 4 members (excludes halogenated alkanes) is 1. The molecule has 0 unspecified atom stereocenters. The number of carbonyl (C=O) groups excluding carboxylic acids is 1. The number of nitrogens with zero attached hydrogens (tertiary/aromatic N) is 1. The topological polar surface area (TPSA) is 63.2 Å². The van der Waals surface area contributed by atoms with E-state index in [1.165, 1.54) is 6.20 Å². The van der Waals surface area contributed by atoms with Crippen LogP contribution in [0.2, 0.25) is 5.02 Å². The summed E-state index contributed by atoms with van der Waals surface area (Å²) in [6.45, 7) is 1.33. The van der Waals surface area contributed by atoms with Crippen LogP contribution in [0.4, 0.5) is 5.82 Å². The van der Waals surface area contributed by atoms with E-state index in [2.05, 4.69) is 15.6 Å². The normalized spacial score (nSPS) is 10.2. The Kier molecular flexibility index (Phi) is 6.46. The molecule has 0 spiro atoms. The van der Waals surface area contributed by atoms with Crippen LogP contribution < -0.4 is 10.6 Å². The molecule has 0 aromatic carbocycles. The fraction of sp³-hybridized carbons (Fsp3) is 0.500. The number of carbonyl (C=O) groups is 1. The van der Waals surface area contributed by atoms with Gasteiger partial charge in [0.1, 0.15) is 5.82 Å². The van der Waals surface area contributed by atoms with Crippen LogP contribution in [0.25, 0.3) is 0 Å². The molecule has 5 nitrogen and oxygen atoms in total. The maximum atomic E-state index is 11.8. The third kappa shape index (κ3) is 4.50. The molecular weight excluding hydrogens is 254 g/mol. The van der Waals surface area contributed by atoms with Crippen molar-refractivity contribution in [2.45, 2.75) is 12.8 Å². The summed E-state index contributed by atoms with van der Waals surface area (Å²) in [5, 5.41) is 6.08. The summed E-state index contributed by atoms with van der Waals surface area (Å²) >= 11 is 5.95. The highest BCUT2D eigenvalue weighted by Gasteiger charge is 2.08. The molecule has 1 amide bonds. The summed E-state index contributed by atoms with van der Waals surface area (Å²) in [4.78, 5) is 15.8. The number of methoxy groups -OCH3 is 1. The Morgan fingerprint density at radius 1 is 1.50 bits per heavy atom. The Morgan fingerprint density at radius 3 is 2.89 bits per heavy atom. The molecule has 0 fully saturated rings. The lowest BCUT2D eigenvalue weighted by Gasteiger charge is -2.07. The van der Waals surface area contributed by atoms with E-state index in [1.807, 2.05) is 0 Å². The second kappa shape index (κ2) is 7.89. The molecule has 0 saturated carbocycles. The summed E-state index contributed by atoms with van der Waals surface area (Å²) in [5.41, 5.74) is 0.464. The fourth-order valence-electron chi connectivity index (χ4n) is 1.42. The zero-order valence-corrected chi connectivity index (χ0v) is 11.4. The number of anilines is 1. The SMILES string of the molecule is CNc1ncc(C(=O)NCCCCOC)cc1Cl. The minimum Gasteiger partial charge on any atom is -0.385 e. The van der Waals surface area contributed by atoms with Gasteiger partial charge in [-0.2, -0.15) is 0 Å². The van der Waals surface area contributed by atoms with Gasteiger partial charge >= 0.3 is 0 Å². The Labute approximate surface area is 112 Å². The lowest BCUT2D eigenvalue weighted by Crippen LogP contribution is -2.24. The van der Waals surface area contributed by atoms with Crippen molar-refractivity contribution in [3.05, 3.63) is 22.8 Å². The van der Waals surface area contributed by atoms with Gasteiger partial charge in [-0.25, -0.2) is 4.98 Å². The molecule has 0 aliphatic carbocycles. The number of ether oxygens (including phenoxy) is 1. The number of hydrogen-bond acceptors (Lipinski definition) is 4. The Morgan fingerprint density at radius 2 is 2.28 bits per heavy atom. The molecule has 1 aromatic rings. The van der Waals surface area contributed by atoms with E-state index in [0.29, 0.717) is 29.6 Å². The van der Waals surface area contributed by atoms with Crippen LogP contribution in [0.1, 0.15) is 23.2 Å². The van der Waals surface area contributed by atoms with Gasteiger partial charge in [-0.05, 0) is 18.9 Å². The maximum Gasteiger partial charge on any atom is 0.252 e. The largest absolute Gasteiger partial charge is 0.385 e. The van der Waals surface area contributed by atoms with E-state index >= 15 is 0 Å². The van der Waals surface area contributed by atoms with E-state index in [1.54, 1.807) is 20.2 Å². The summed E-state index contributed by atoms with van der Waals surface area (Å²) in [7, 11) is 3.39. The van der Waals surface area contributed by atoms with Crippen molar-refractivity contribution < 1.29 is 9.53 Å². The van der Waals surface area contributed by atoms with Crippen molar-refractivity contribution in [2.24, 2.45) is 0 Å². The van der Waals surface area contributed by atoms with Crippen molar-refractivity contribution in [1.29, 1.82) is 0 Å². The summed E-state index contributed by atoms with van der Waals surface area (Å²) in [5.74, 6) is 0.401. The highest BCUT2D eigenvalue weighted by molar-refractivity contribution is 6.33. The summed E-state index contributed by atoms with van der Waals surface area (Å²) < 4.78 is 4.93. The number of nitrogens with one attached hydrogen (secondary N) is 2. The van der Waals surface area contributed by atoms with Crippen molar-refractivity contribution >= 4 is 23.3 Å². The average Bonchev–Trinajstić information content (AvgIpc) is 2.38. The monoisotopic (exact) mass is 271 g/mol. The van der Waals surface area contributed by atoms with Crippen LogP contribution in [0.15, 0.2) is 12.3 Å². The molecule has 0 bridgehead atoms. The molecule has 100 valence electrons. The quantitative estimate of drug-likeness (QED) is 0.744. The van der Waals surface area contributed by atoms with Crippen LogP contribution >= 0.6 is 11.6 Å². The van der Waals surface area contributed by atoms with Gasteiger partial charge in [-0.1, -0.05) is 11.6 Å². The molecule has 0 aliphatic heterocycles. The molecule has 1 aromatic heterocycles. The third-order valence-electron chi connectivity index (χ3n) is 2.40. The molecular formula is C12H18ClN3O2. The number of rotatable bonds is 7.